The molecule has 1 aromatic carbocycles. The lowest BCUT2D eigenvalue weighted by molar-refractivity contribution is 0.375. The number of nitrogens with one attached hydrogen (secondary N) is 2. The van der Waals surface area contributed by atoms with Crippen molar-refractivity contribution in [2.75, 3.05) is 13.6 Å². The zero-order valence-corrected chi connectivity index (χ0v) is 15.1. The largest absolute Gasteiger partial charge is 0.356 e. The third kappa shape index (κ3) is 5.06. The van der Waals surface area contributed by atoms with E-state index in [0.717, 1.165) is 25.1 Å². The van der Waals surface area contributed by atoms with Gasteiger partial charge in [-0.2, -0.15) is 10.1 Å². The number of benzene rings is 1. The second kappa shape index (κ2) is 9.00. The van der Waals surface area contributed by atoms with Gasteiger partial charge in [-0.1, -0.05) is 16.8 Å². The average molecular weight is 374 g/mol. The van der Waals surface area contributed by atoms with Gasteiger partial charge in [0, 0.05) is 43.1 Å². The normalized spacial score (nSPS) is 11.5. The number of aromatic nitrogens is 4. The zero-order chi connectivity index (χ0) is 18.2. The summed E-state index contributed by atoms with van der Waals surface area (Å²) < 4.78 is 7.17. The molecule has 0 amide bonds. The molecule has 0 aliphatic heterocycles. The summed E-state index contributed by atoms with van der Waals surface area (Å²) in [7, 11) is 1.72. The molecule has 26 heavy (non-hydrogen) atoms. The van der Waals surface area contributed by atoms with Crippen LogP contribution in [-0.2, 0) is 13.1 Å². The Morgan fingerprint density at radius 1 is 1.27 bits per heavy atom. The third-order valence-electron chi connectivity index (χ3n) is 3.62. The molecule has 0 unspecified atom stereocenters. The van der Waals surface area contributed by atoms with Crippen molar-refractivity contribution >= 4 is 17.6 Å². The van der Waals surface area contributed by atoms with Crippen LogP contribution in [0.25, 0.3) is 11.4 Å². The number of aryl methyl sites for hydroxylation is 1. The molecule has 0 saturated carbocycles. The molecule has 9 heteroatoms. The van der Waals surface area contributed by atoms with Gasteiger partial charge in [0.25, 0.3) is 0 Å². The van der Waals surface area contributed by atoms with E-state index < -0.39 is 0 Å². The molecule has 2 heterocycles. The van der Waals surface area contributed by atoms with E-state index in [1.165, 1.54) is 0 Å². The number of halogens is 1. The maximum absolute atomic E-state index is 5.89. The molecule has 0 atom stereocenters. The fourth-order valence-corrected chi connectivity index (χ4v) is 2.43. The maximum atomic E-state index is 5.89. The molecule has 0 saturated heterocycles. The van der Waals surface area contributed by atoms with Gasteiger partial charge in [-0.3, -0.25) is 9.67 Å². The van der Waals surface area contributed by atoms with Crippen molar-refractivity contribution < 1.29 is 4.52 Å². The summed E-state index contributed by atoms with van der Waals surface area (Å²) in [5.41, 5.74) is 0.852. The molecule has 3 aromatic rings. The molecule has 0 bridgehead atoms. The van der Waals surface area contributed by atoms with Gasteiger partial charge in [0.05, 0.1) is 6.54 Å². The van der Waals surface area contributed by atoms with Crippen molar-refractivity contribution in [1.29, 1.82) is 0 Å². The van der Waals surface area contributed by atoms with E-state index in [0.29, 0.717) is 29.2 Å². The molecule has 0 radical (unpaired) electrons. The van der Waals surface area contributed by atoms with E-state index in [1.54, 1.807) is 25.4 Å². The van der Waals surface area contributed by atoms with Gasteiger partial charge < -0.3 is 15.2 Å². The van der Waals surface area contributed by atoms with E-state index in [-0.39, 0.29) is 0 Å². The predicted molar refractivity (Wildman–Crippen MR) is 99.8 cm³/mol. The number of hydrogen-bond donors (Lipinski definition) is 2. The van der Waals surface area contributed by atoms with E-state index in [1.807, 2.05) is 29.1 Å². The molecular weight excluding hydrogens is 354 g/mol. The summed E-state index contributed by atoms with van der Waals surface area (Å²) in [6, 6.07) is 9.20. The van der Waals surface area contributed by atoms with Crippen molar-refractivity contribution in [1.82, 2.24) is 30.6 Å². The van der Waals surface area contributed by atoms with Gasteiger partial charge >= 0.3 is 0 Å². The molecule has 0 fully saturated rings. The van der Waals surface area contributed by atoms with Crippen molar-refractivity contribution in [2.24, 2.45) is 4.99 Å². The standard InChI is InChI=1S/C17H20ClN7O/c1-19-17(20-8-2-10-25-11-3-9-22-25)21-12-15-23-16(24-26-15)13-4-6-14(18)7-5-13/h3-7,9,11H,2,8,10,12H2,1H3,(H2,19,20,21). The molecule has 0 spiro atoms. The zero-order valence-electron chi connectivity index (χ0n) is 14.4. The summed E-state index contributed by atoms with van der Waals surface area (Å²) in [5, 5.41) is 15.2. The number of hydrogen-bond acceptors (Lipinski definition) is 5. The van der Waals surface area contributed by atoms with Crippen LogP contribution in [0.2, 0.25) is 5.02 Å². The lowest BCUT2D eigenvalue weighted by Gasteiger charge is -2.10. The van der Waals surface area contributed by atoms with Crippen molar-refractivity contribution in [2.45, 2.75) is 19.5 Å². The Balaban J connectivity index is 1.44. The van der Waals surface area contributed by atoms with Gasteiger partial charge in [-0.25, -0.2) is 0 Å². The first-order chi connectivity index (χ1) is 12.7. The molecule has 3 rings (SSSR count). The monoisotopic (exact) mass is 373 g/mol. The fourth-order valence-electron chi connectivity index (χ4n) is 2.30. The summed E-state index contributed by atoms with van der Waals surface area (Å²) in [6.07, 6.45) is 4.65. The van der Waals surface area contributed by atoms with Crippen LogP contribution in [0.15, 0.2) is 52.2 Å². The van der Waals surface area contributed by atoms with Crippen molar-refractivity contribution in [3.63, 3.8) is 0 Å². The van der Waals surface area contributed by atoms with Crippen LogP contribution in [0.1, 0.15) is 12.3 Å². The molecule has 8 nitrogen and oxygen atoms in total. The highest BCUT2D eigenvalue weighted by atomic mass is 35.5. The fraction of sp³-hybridized carbons (Fsp3) is 0.294. The second-order valence-corrected chi connectivity index (χ2v) is 5.93. The molecule has 2 aromatic heterocycles. The Kier molecular flexibility index (Phi) is 6.21. The lowest BCUT2D eigenvalue weighted by Crippen LogP contribution is -2.37. The summed E-state index contributed by atoms with van der Waals surface area (Å²) in [6.45, 7) is 2.02. The Morgan fingerprint density at radius 2 is 2.12 bits per heavy atom. The van der Waals surface area contributed by atoms with Crippen LogP contribution in [-0.4, -0.2) is 39.5 Å². The minimum atomic E-state index is 0.388. The van der Waals surface area contributed by atoms with Gasteiger partial charge in [0.2, 0.25) is 11.7 Å². The number of aliphatic imine (C=N–C) groups is 1. The Bertz CT molecular complexity index is 827. The summed E-state index contributed by atoms with van der Waals surface area (Å²) >= 11 is 5.89. The molecular formula is C17H20ClN7O. The highest BCUT2D eigenvalue weighted by Crippen LogP contribution is 2.18. The maximum Gasteiger partial charge on any atom is 0.246 e. The van der Waals surface area contributed by atoms with Gasteiger partial charge in [0.15, 0.2) is 5.96 Å². The summed E-state index contributed by atoms with van der Waals surface area (Å²) in [5.74, 6) is 1.69. The first-order valence-electron chi connectivity index (χ1n) is 8.25. The van der Waals surface area contributed by atoms with E-state index >= 15 is 0 Å². The van der Waals surface area contributed by atoms with Crippen LogP contribution >= 0.6 is 11.6 Å². The number of guanidine groups is 1. The minimum absolute atomic E-state index is 0.388. The minimum Gasteiger partial charge on any atom is -0.356 e. The molecule has 0 aliphatic carbocycles. The Morgan fingerprint density at radius 3 is 2.85 bits per heavy atom. The molecule has 136 valence electrons. The smallest absolute Gasteiger partial charge is 0.246 e. The van der Waals surface area contributed by atoms with E-state index in [9.17, 15) is 0 Å². The third-order valence-corrected chi connectivity index (χ3v) is 3.87. The van der Waals surface area contributed by atoms with Crippen molar-refractivity contribution in [3.8, 4) is 11.4 Å². The van der Waals surface area contributed by atoms with Crippen LogP contribution in [0.3, 0.4) is 0 Å². The predicted octanol–water partition coefficient (Wildman–Crippen LogP) is 2.34. The van der Waals surface area contributed by atoms with Crippen LogP contribution in [0.5, 0.6) is 0 Å². The SMILES string of the molecule is CN=C(NCCCn1cccn1)NCc1nc(-c2ccc(Cl)cc2)no1. The second-order valence-electron chi connectivity index (χ2n) is 5.49. The van der Waals surface area contributed by atoms with Gasteiger partial charge in [0.1, 0.15) is 0 Å². The first kappa shape index (κ1) is 17.9. The first-order valence-corrected chi connectivity index (χ1v) is 8.63. The summed E-state index contributed by atoms with van der Waals surface area (Å²) in [4.78, 5) is 8.55. The highest BCUT2D eigenvalue weighted by Gasteiger charge is 2.09. The quantitative estimate of drug-likeness (QED) is 0.375. The van der Waals surface area contributed by atoms with E-state index in [4.69, 9.17) is 16.1 Å². The number of nitrogens with zero attached hydrogens (tertiary/aromatic N) is 5. The topological polar surface area (TPSA) is 93.2 Å². The van der Waals surface area contributed by atoms with Crippen LogP contribution in [0, 0.1) is 0 Å². The van der Waals surface area contributed by atoms with Crippen molar-refractivity contribution in [3.05, 3.63) is 53.6 Å². The van der Waals surface area contributed by atoms with Crippen LogP contribution < -0.4 is 10.6 Å². The van der Waals surface area contributed by atoms with Gasteiger partial charge in [-0.05, 0) is 36.8 Å². The highest BCUT2D eigenvalue weighted by molar-refractivity contribution is 6.30. The van der Waals surface area contributed by atoms with Gasteiger partial charge in [-0.15, -0.1) is 0 Å². The number of rotatable bonds is 7. The van der Waals surface area contributed by atoms with Crippen LogP contribution in [0.4, 0.5) is 0 Å². The Hall–Kier alpha value is -2.87. The average Bonchev–Trinajstić information content (AvgIpc) is 3.33. The van der Waals surface area contributed by atoms with E-state index in [2.05, 4.69) is 30.9 Å². The Labute approximate surface area is 156 Å². The lowest BCUT2D eigenvalue weighted by atomic mass is 10.2. The molecule has 0 aliphatic rings. The molecule has 2 N–H and O–H groups in total.